The summed E-state index contributed by atoms with van der Waals surface area (Å²) >= 11 is 0. The number of sulfonamides is 1. The zero-order valence-corrected chi connectivity index (χ0v) is 22.0. The second kappa shape index (κ2) is 9.32. The van der Waals surface area contributed by atoms with Crippen molar-refractivity contribution in [3.63, 3.8) is 0 Å². The van der Waals surface area contributed by atoms with Crippen LogP contribution in [0.3, 0.4) is 0 Å². The molecule has 1 unspecified atom stereocenters. The number of fused-ring (bicyclic) bond motifs is 2. The quantitative estimate of drug-likeness (QED) is 0.349. The highest BCUT2D eigenvalue weighted by atomic mass is 35.5. The molecule has 0 radical (unpaired) electrons. The number of Topliss-reactive ketones (excluding diaryl/α,β-unsaturated/α-hetero) is 1. The molecule has 0 amide bonds. The molecule has 2 aromatic rings. The van der Waals surface area contributed by atoms with Gasteiger partial charge in [0, 0.05) is 11.3 Å². The van der Waals surface area contributed by atoms with Crippen LogP contribution in [0.15, 0.2) is 57.3 Å². The van der Waals surface area contributed by atoms with Crippen LogP contribution in [0.5, 0.6) is 0 Å². The molecule has 4 N–H and O–H groups in total. The number of carbonyl (C=O) groups excluding carboxylic acids is 1. The normalized spacial score (nSPS) is 20.8. The van der Waals surface area contributed by atoms with Gasteiger partial charge in [0.05, 0.1) is 11.1 Å². The van der Waals surface area contributed by atoms with Crippen LogP contribution >= 0.6 is 12.4 Å². The van der Waals surface area contributed by atoms with E-state index in [0.717, 1.165) is 24.8 Å². The number of ketones is 1. The molecule has 0 saturated carbocycles. The zero-order chi connectivity index (χ0) is 24.9. The number of hydrogen-bond donors (Lipinski definition) is 3. The number of aliphatic hydroxyl groups is 1. The maximum atomic E-state index is 13.9. The Kier molecular flexibility index (Phi) is 7.12. The number of anilines is 2. The molecule has 2 aromatic carbocycles. The Balaban J connectivity index is 0.00000342. The minimum Gasteiger partial charge on any atom is -0.506 e. The van der Waals surface area contributed by atoms with E-state index in [1.165, 1.54) is 12.1 Å². The summed E-state index contributed by atoms with van der Waals surface area (Å²) in [6, 6.07) is 11.7. The highest BCUT2D eigenvalue weighted by Crippen LogP contribution is 2.44. The first kappa shape index (κ1) is 26.8. The number of hydrogen-bond acceptors (Lipinski definition) is 6. The van der Waals surface area contributed by atoms with Gasteiger partial charge in [-0.25, -0.2) is 0 Å². The summed E-state index contributed by atoms with van der Waals surface area (Å²) in [4.78, 5) is 13.9. The van der Waals surface area contributed by atoms with Crippen molar-refractivity contribution in [1.29, 1.82) is 0 Å². The fraction of sp³-hybridized carbons (Fsp3) is 0.385. The van der Waals surface area contributed by atoms with Crippen LogP contribution < -0.4 is 11.1 Å². The molecule has 0 aromatic heterocycles. The number of nitrogen functional groups attached to an aromatic ring is 1. The van der Waals surface area contributed by atoms with Crippen LogP contribution in [0, 0.1) is 5.41 Å². The monoisotopic (exact) mass is 517 g/mol. The number of aliphatic hydroxyl groups excluding tert-OH is 1. The Morgan fingerprint density at radius 2 is 1.80 bits per heavy atom. The average Bonchev–Trinajstić information content (AvgIpc) is 2.75. The molecule has 1 aliphatic carbocycles. The minimum atomic E-state index is -4.11. The molecule has 1 aliphatic heterocycles. The molecule has 0 spiro atoms. The van der Waals surface area contributed by atoms with Gasteiger partial charge in [0.2, 0.25) is 0 Å². The first-order valence-corrected chi connectivity index (χ1v) is 12.9. The van der Waals surface area contributed by atoms with E-state index in [1.54, 1.807) is 18.2 Å². The van der Waals surface area contributed by atoms with Gasteiger partial charge in [-0.3, -0.25) is 4.79 Å². The Morgan fingerprint density at radius 1 is 1.11 bits per heavy atom. The van der Waals surface area contributed by atoms with E-state index >= 15 is 0 Å². The molecular weight excluding hydrogens is 486 g/mol. The van der Waals surface area contributed by atoms with Gasteiger partial charge in [-0.05, 0) is 48.9 Å². The van der Waals surface area contributed by atoms with E-state index in [0.29, 0.717) is 12.0 Å². The van der Waals surface area contributed by atoms with Crippen LogP contribution in [0.1, 0.15) is 64.5 Å². The highest BCUT2D eigenvalue weighted by Gasteiger charge is 2.46. The van der Waals surface area contributed by atoms with Crippen molar-refractivity contribution in [2.75, 3.05) is 11.1 Å². The topological polar surface area (TPSA) is 122 Å². The first-order chi connectivity index (χ1) is 15.8. The number of rotatable bonds is 5. The number of carbonyl (C=O) groups is 1. The zero-order valence-electron chi connectivity index (χ0n) is 20.4. The van der Waals surface area contributed by atoms with E-state index in [1.807, 2.05) is 19.1 Å². The van der Waals surface area contributed by atoms with Crippen molar-refractivity contribution in [2.24, 2.45) is 9.81 Å². The molecule has 9 heteroatoms. The third-order valence-electron chi connectivity index (χ3n) is 6.58. The number of nitrogens with one attached hydrogen (secondary N) is 1. The van der Waals surface area contributed by atoms with E-state index in [2.05, 4.69) is 30.5 Å². The average molecular weight is 518 g/mol. The smallest absolute Gasteiger partial charge is 0.286 e. The van der Waals surface area contributed by atoms with Crippen molar-refractivity contribution in [2.45, 2.75) is 63.7 Å². The predicted molar refractivity (Wildman–Crippen MR) is 143 cm³/mol. The van der Waals surface area contributed by atoms with Crippen molar-refractivity contribution in [3.8, 4) is 0 Å². The van der Waals surface area contributed by atoms with Crippen molar-refractivity contribution in [1.82, 2.24) is 0 Å². The standard InChI is InChI=1S/C26H31N3O4S.ClH/c1-25(2,3)13-7-8-14-26(4)18-10-6-5-9-17(18)22(30)21(23(26)31)24-28-19-12-11-16(27)15-20(19)34(32,33)29-24;/h5-6,9-12,15,30H,7-8,13-14,27H2,1-4H3,(H,28,29);1H. The molecule has 7 nitrogen and oxygen atoms in total. The Morgan fingerprint density at radius 3 is 2.49 bits per heavy atom. The second-order valence-electron chi connectivity index (χ2n) is 10.5. The summed E-state index contributed by atoms with van der Waals surface area (Å²) < 4.78 is 29.7. The maximum absolute atomic E-state index is 13.9. The van der Waals surface area contributed by atoms with E-state index in [4.69, 9.17) is 5.73 Å². The summed E-state index contributed by atoms with van der Waals surface area (Å²) in [5, 5.41) is 14.1. The van der Waals surface area contributed by atoms with Crippen LogP contribution in [0.2, 0.25) is 0 Å². The lowest BCUT2D eigenvalue weighted by atomic mass is 9.66. The molecule has 0 bridgehead atoms. The molecule has 1 atom stereocenters. The van der Waals surface area contributed by atoms with Gasteiger partial charge in [-0.1, -0.05) is 57.9 Å². The van der Waals surface area contributed by atoms with Gasteiger partial charge >= 0.3 is 0 Å². The van der Waals surface area contributed by atoms with Crippen LogP contribution in [-0.2, 0) is 20.2 Å². The van der Waals surface area contributed by atoms with Gasteiger partial charge < -0.3 is 16.2 Å². The molecule has 1 heterocycles. The van der Waals surface area contributed by atoms with E-state index < -0.39 is 15.4 Å². The predicted octanol–water partition coefficient (Wildman–Crippen LogP) is 5.62. The molecule has 0 fully saturated rings. The Bertz CT molecular complexity index is 1340. The van der Waals surface area contributed by atoms with Crippen LogP contribution in [0.25, 0.3) is 5.76 Å². The number of halogens is 1. The van der Waals surface area contributed by atoms with Crippen molar-refractivity contribution in [3.05, 3.63) is 59.2 Å². The van der Waals surface area contributed by atoms with Crippen LogP contribution in [-0.4, -0.2) is 25.1 Å². The SMILES string of the molecule is CC(C)(C)CCCCC1(C)C(=O)C(C2=NS(=O)(=O)c3cc(N)ccc3N2)=C(O)c2ccccc21.Cl. The molecular formula is C26H32ClN3O4S. The molecule has 0 saturated heterocycles. The highest BCUT2D eigenvalue weighted by molar-refractivity contribution is 7.90. The third-order valence-corrected chi connectivity index (χ3v) is 7.90. The second-order valence-corrected chi connectivity index (χ2v) is 12.1. The number of nitrogens with zero attached hydrogens (tertiary/aromatic N) is 1. The molecule has 35 heavy (non-hydrogen) atoms. The maximum Gasteiger partial charge on any atom is 0.286 e. The number of benzene rings is 2. The Hall–Kier alpha value is -2.84. The summed E-state index contributed by atoms with van der Waals surface area (Å²) in [6.07, 6.45) is 3.38. The summed E-state index contributed by atoms with van der Waals surface area (Å²) in [5.74, 6) is -0.789. The molecule has 2 aliphatic rings. The Labute approximate surface area is 213 Å². The fourth-order valence-electron chi connectivity index (χ4n) is 4.70. The van der Waals surface area contributed by atoms with Gasteiger partial charge in [0.1, 0.15) is 16.2 Å². The van der Waals surface area contributed by atoms with Gasteiger partial charge in [0.15, 0.2) is 11.6 Å². The summed E-state index contributed by atoms with van der Waals surface area (Å²) in [6.45, 7) is 8.43. The number of amidine groups is 1. The summed E-state index contributed by atoms with van der Waals surface area (Å²) in [7, 11) is -4.11. The molecule has 4 rings (SSSR count). The minimum absolute atomic E-state index is 0. The lowest BCUT2D eigenvalue weighted by Crippen LogP contribution is -2.42. The third kappa shape index (κ3) is 4.95. The van der Waals surface area contributed by atoms with Crippen molar-refractivity contribution < 1.29 is 18.3 Å². The first-order valence-electron chi connectivity index (χ1n) is 11.4. The fourth-order valence-corrected chi connectivity index (χ4v) is 5.85. The van der Waals surface area contributed by atoms with Crippen LogP contribution in [0.4, 0.5) is 11.4 Å². The van der Waals surface area contributed by atoms with E-state index in [9.17, 15) is 18.3 Å². The van der Waals surface area contributed by atoms with Gasteiger partial charge in [0.25, 0.3) is 10.0 Å². The molecule has 188 valence electrons. The van der Waals surface area contributed by atoms with Crippen molar-refractivity contribution >= 4 is 51.2 Å². The lowest BCUT2D eigenvalue weighted by molar-refractivity contribution is -0.120. The number of unbranched alkanes of at least 4 members (excludes halogenated alkanes) is 1. The van der Waals surface area contributed by atoms with E-state index in [-0.39, 0.29) is 57.0 Å². The summed E-state index contributed by atoms with van der Waals surface area (Å²) in [5.41, 5.74) is 6.72. The lowest BCUT2D eigenvalue weighted by Gasteiger charge is -2.36. The largest absolute Gasteiger partial charge is 0.506 e. The van der Waals surface area contributed by atoms with Gasteiger partial charge in [-0.15, -0.1) is 16.8 Å². The van der Waals surface area contributed by atoms with Gasteiger partial charge in [-0.2, -0.15) is 8.42 Å². The number of nitrogens with two attached hydrogens (primary N) is 1.